The molecule has 0 saturated heterocycles. The molecule has 1 aromatic carbocycles. The third-order valence-electron chi connectivity index (χ3n) is 2.89. The van der Waals surface area contributed by atoms with Crippen molar-refractivity contribution >= 4 is 37.8 Å². The topological polar surface area (TPSA) is 20.3 Å². The molecule has 0 bridgehead atoms. The normalized spacial score (nSPS) is 11.4. The molecule has 1 aromatic rings. The van der Waals surface area contributed by atoms with Gasteiger partial charge < -0.3 is 4.90 Å². The Kier molecular flexibility index (Phi) is 4.78. The van der Waals surface area contributed by atoms with Crippen molar-refractivity contribution in [1.29, 1.82) is 0 Å². The van der Waals surface area contributed by atoms with Crippen molar-refractivity contribution in [3.8, 4) is 0 Å². The number of nitrogens with zero attached hydrogens (tertiary/aromatic N) is 1. The molecule has 0 aromatic heterocycles. The Morgan fingerprint density at radius 3 is 2.53 bits per heavy atom. The number of benzene rings is 1. The van der Waals surface area contributed by atoms with Crippen LogP contribution < -0.4 is 0 Å². The minimum Gasteiger partial charge on any atom is -0.336 e. The summed E-state index contributed by atoms with van der Waals surface area (Å²) in [5.41, 5.74) is 1.59. The number of hydrogen-bond acceptors (Lipinski definition) is 1. The van der Waals surface area contributed by atoms with Gasteiger partial charge in [-0.05, 0) is 48.8 Å². The third kappa shape index (κ3) is 3.32. The summed E-state index contributed by atoms with van der Waals surface area (Å²) in [7, 11) is 1.83. The summed E-state index contributed by atoms with van der Waals surface area (Å²) < 4.78 is 0.838. The highest BCUT2D eigenvalue weighted by Crippen LogP contribution is 2.23. The van der Waals surface area contributed by atoms with Crippen molar-refractivity contribution in [3.05, 3.63) is 33.8 Å². The molecule has 0 N–H and O–H groups in total. The van der Waals surface area contributed by atoms with E-state index in [-0.39, 0.29) is 11.4 Å². The first-order valence-electron chi connectivity index (χ1n) is 5.40. The summed E-state index contributed by atoms with van der Waals surface area (Å²) in [6.45, 7) is 6.05. The summed E-state index contributed by atoms with van der Waals surface area (Å²) >= 11 is 6.87. The van der Waals surface area contributed by atoms with Gasteiger partial charge in [0.2, 0.25) is 0 Å². The van der Waals surface area contributed by atoms with Crippen LogP contribution >= 0.6 is 31.9 Å². The number of carbonyl (C=O) groups is 1. The van der Waals surface area contributed by atoms with E-state index >= 15 is 0 Å². The molecule has 0 saturated carbocycles. The minimum atomic E-state index is -0.208. The number of halogens is 2. The van der Waals surface area contributed by atoms with Gasteiger partial charge in [0.1, 0.15) is 0 Å². The maximum Gasteiger partial charge on any atom is 0.255 e. The lowest BCUT2D eigenvalue weighted by atomic mass is 10.0. The molecule has 0 radical (unpaired) electrons. The Balaban J connectivity index is 3.08. The first-order chi connectivity index (χ1) is 7.79. The zero-order valence-corrected chi connectivity index (χ0v) is 13.7. The predicted molar refractivity (Wildman–Crippen MR) is 78.8 cm³/mol. The van der Waals surface area contributed by atoms with E-state index in [9.17, 15) is 4.79 Å². The van der Waals surface area contributed by atoms with E-state index in [0.29, 0.717) is 5.56 Å². The fourth-order valence-corrected chi connectivity index (χ4v) is 2.14. The van der Waals surface area contributed by atoms with Crippen LogP contribution in [0.5, 0.6) is 0 Å². The smallest absolute Gasteiger partial charge is 0.255 e. The molecule has 0 fully saturated rings. The average Bonchev–Trinajstić information content (AvgIpc) is 2.30. The minimum absolute atomic E-state index is 0.0324. The summed E-state index contributed by atoms with van der Waals surface area (Å²) in [5.74, 6) is 0.0324. The van der Waals surface area contributed by atoms with E-state index in [1.54, 1.807) is 4.90 Å². The number of carbonyl (C=O) groups excluding carboxylic acids is 1. The predicted octanol–water partition coefficient (Wildman–Crippen LogP) is 4.00. The van der Waals surface area contributed by atoms with Gasteiger partial charge in [0.15, 0.2) is 0 Å². The van der Waals surface area contributed by atoms with Crippen LogP contribution in [0.3, 0.4) is 0 Å². The van der Waals surface area contributed by atoms with E-state index < -0.39 is 0 Å². The highest BCUT2D eigenvalue weighted by atomic mass is 79.9. The molecule has 0 aliphatic heterocycles. The van der Waals surface area contributed by atoms with E-state index in [1.807, 2.05) is 46.0 Å². The van der Waals surface area contributed by atoms with Gasteiger partial charge in [0, 0.05) is 22.4 Å². The second-order valence-corrected chi connectivity index (χ2v) is 6.21. The van der Waals surface area contributed by atoms with Crippen molar-refractivity contribution in [2.45, 2.75) is 26.3 Å². The van der Waals surface area contributed by atoms with Gasteiger partial charge in [-0.15, -0.1) is 0 Å². The Labute approximate surface area is 120 Å². The monoisotopic (exact) mass is 361 g/mol. The van der Waals surface area contributed by atoms with Crippen molar-refractivity contribution in [2.24, 2.45) is 0 Å². The molecule has 94 valence electrons. The van der Waals surface area contributed by atoms with Crippen molar-refractivity contribution in [3.63, 3.8) is 0 Å². The molecule has 0 unspecified atom stereocenters. The second kappa shape index (κ2) is 5.53. The van der Waals surface area contributed by atoms with E-state index in [2.05, 4.69) is 31.9 Å². The number of rotatable bonds is 3. The SMILES string of the molecule is Cc1ccc(Br)c(C(=O)N(C)C(C)(C)CBr)c1. The van der Waals surface area contributed by atoms with Gasteiger partial charge in [-0.1, -0.05) is 27.6 Å². The quantitative estimate of drug-likeness (QED) is 0.744. The first-order valence-corrected chi connectivity index (χ1v) is 7.31. The largest absolute Gasteiger partial charge is 0.336 e. The van der Waals surface area contributed by atoms with Gasteiger partial charge >= 0.3 is 0 Å². The fourth-order valence-electron chi connectivity index (χ4n) is 1.35. The molecule has 17 heavy (non-hydrogen) atoms. The van der Waals surface area contributed by atoms with Crippen molar-refractivity contribution in [1.82, 2.24) is 4.90 Å². The zero-order chi connectivity index (χ0) is 13.2. The maximum absolute atomic E-state index is 12.4. The van der Waals surface area contributed by atoms with Crippen molar-refractivity contribution < 1.29 is 4.79 Å². The molecule has 0 aliphatic carbocycles. The second-order valence-electron chi connectivity index (χ2n) is 4.79. The highest BCUT2D eigenvalue weighted by Gasteiger charge is 2.28. The van der Waals surface area contributed by atoms with Gasteiger partial charge in [-0.25, -0.2) is 0 Å². The summed E-state index contributed by atoms with van der Waals surface area (Å²) in [4.78, 5) is 14.2. The molecule has 0 atom stereocenters. The van der Waals surface area contributed by atoms with Crippen LogP contribution in [0.2, 0.25) is 0 Å². The lowest BCUT2D eigenvalue weighted by Crippen LogP contribution is -2.46. The van der Waals surface area contributed by atoms with Crippen LogP contribution in [0, 0.1) is 6.92 Å². The molecule has 0 aliphatic rings. The van der Waals surface area contributed by atoms with Crippen molar-refractivity contribution in [2.75, 3.05) is 12.4 Å². The molecular formula is C13H17Br2NO. The Morgan fingerprint density at radius 2 is 2.00 bits per heavy atom. The van der Waals surface area contributed by atoms with Crippen LogP contribution in [-0.4, -0.2) is 28.7 Å². The number of alkyl halides is 1. The summed E-state index contributed by atoms with van der Waals surface area (Å²) in [6, 6.07) is 5.81. The van der Waals surface area contributed by atoms with Crippen LogP contribution in [0.15, 0.2) is 22.7 Å². The van der Waals surface area contributed by atoms with Gasteiger partial charge in [0.05, 0.1) is 5.56 Å². The van der Waals surface area contributed by atoms with E-state index in [4.69, 9.17) is 0 Å². The number of aryl methyl sites for hydroxylation is 1. The van der Waals surface area contributed by atoms with Gasteiger partial charge in [0.25, 0.3) is 5.91 Å². The van der Waals surface area contributed by atoms with Gasteiger partial charge in [-0.2, -0.15) is 0 Å². The number of amides is 1. The van der Waals surface area contributed by atoms with Crippen LogP contribution in [-0.2, 0) is 0 Å². The van der Waals surface area contributed by atoms with E-state index in [1.165, 1.54) is 0 Å². The van der Waals surface area contributed by atoms with Crippen LogP contribution in [0.4, 0.5) is 0 Å². The molecule has 4 heteroatoms. The van der Waals surface area contributed by atoms with Crippen LogP contribution in [0.1, 0.15) is 29.8 Å². The average molecular weight is 363 g/mol. The Hall–Kier alpha value is -0.350. The molecular weight excluding hydrogens is 346 g/mol. The molecule has 0 heterocycles. The number of hydrogen-bond donors (Lipinski definition) is 0. The summed E-state index contributed by atoms with van der Waals surface area (Å²) in [6.07, 6.45) is 0. The zero-order valence-electron chi connectivity index (χ0n) is 10.6. The molecule has 1 amide bonds. The highest BCUT2D eigenvalue weighted by molar-refractivity contribution is 9.10. The Morgan fingerprint density at radius 1 is 1.41 bits per heavy atom. The standard InChI is InChI=1S/C13H17Br2NO/c1-9-5-6-11(15)10(7-9)12(17)16(4)13(2,3)8-14/h5-7H,8H2,1-4H3. The lowest BCUT2D eigenvalue weighted by Gasteiger charge is -2.34. The maximum atomic E-state index is 12.4. The first kappa shape index (κ1) is 14.7. The van der Waals surface area contributed by atoms with Crippen LogP contribution in [0.25, 0.3) is 0 Å². The molecule has 2 nitrogen and oxygen atoms in total. The molecule has 0 spiro atoms. The lowest BCUT2D eigenvalue weighted by molar-refractivity contribution is 0.0662. The fraction of sp³-hybridized carbons (Fsp3) is 0.462. The summed E-state index contributed by atoms with van der Waals surface area (Å²) in [5, 5.41) is 0.742. The molecule has 1 rings (SSSR count). The van der Waals surface area contributed by atoms with Gasteiger partial charge in [-0.3, -0.25) is 4.79 Å². The van der Waals surface area contributed by atoms with E-state index in [0.717, 1.165) is 15.4 Å². The third-order valence-corrected chi connectivity index (χ3v) is 4.96. The Bertz CT molecular complexity index is 429.